The molecule has 9 nitrogen and oxygen atoms in total. The van der Waals surface area contributed by atoms with E-state index in [1.165, 1.54) is 36.5 Å². The molecule has 0 fully saturated rings. The van der Waals surface area contributed by atoms with Gasteiger partial charge in [0.15, 0.2) is 11.2 Å². The van der Waals surface area contributed by atoms with Crippen LogP contribution >= 0.6 is 0 Å². The molecular weight excluding hydrogens is 326 g/mol. The standard InChI is InChI=1S/C16H17N5O4/c1-9(22)18-10-6-5-7-11(25-4)12(10)21-8-17-14-13(21)15(23)20(3)16(24)19(14)2/h5-8H,1-4H3,(H,18,22). The second-order valence-electron chi connectivity index (χ2n) is 5.53. The van der Waals surface area contributed by atoms with Gasteiger partial charge in [0.05, 0.1) is 12.8 Å². The van der Waals surface area contributed by atoms with Crippen molar-refractivity contribution in [2.45, 2.75) is 6.92 Å². The fraction of sp³-hybridized carbons (Fsp3) is 0.250. The van der Waals surface area contributed by atoms with Gasteiger partial charge in [-0.2, -0.15) is 0 Å². The SMILES string of the molecule is COc1cccc(NC(C)=O)c1-n1cnc2c1c(=O)n(C)c(=O)n2C. The zero-order chi connectivity index (χ0) is 18.3. The number of hydrogen-bond acceptors (Lipinski definition) is 5. The molecule has 0 bridgehead atoms. The molecule has 9 heteroatoms. The Balaban J connectivity index is 2.45. The van der Waals surface area contributed by atoms with Crippen molar-refractivity contribution in [2.75, 3.05) is 12.4 Å². The number of nitrogens with zero attached hydrogens (tertiary/aromatic N) is 4. The van der Waals surface area contributed by atoms with Gasteiger partial charge in [-0.1, -0.05) is 6.07 Å². The number of benzene rings is 1. The van der Waals surface area contributed by atoms with E-state index in [1.54, 1.807) is 25.2 Å². The topological polar surface area (TPSA) is 100 Å². The van der Waals surface area contributed by atoms with Crippen molar-refractivity contribution in [3.63, 3.8) is 0 Å². The lowest BCUT2D eigenvalue weighted by Crippen LogP contribution is -2.37. The monoisotopic (exact) mass is 343 g/mol. The summed E-state index contributed by atoms with van der Waals surface area (Å²) in [5.41, 5.74) is 0.411. The Morgan fingerprint density at radius 3 is 2.56 bits per heavy atom. The van der Waals surface area contributed by atoms with Gasteiger partial charge in [-0.15, -0.1) is 0 Å². The van der Waals surface area contributed by atoms with Gasteiger partial charge < -0.3 is 10.1 Å². The fourth-order valence-electron chi connectivity index (χ4n) is 2.74. The number of aromatic nitrogens is 4. The Morgan fingerprint density at radius 1 is 1.20 bits per heavy atom. The second-order valence-corrected chi connectivity index (χ2v) is 5.53. The lowest BCUT2D eigenvalue weighted by Gasteiger charge is -2.15. The van der Waals surface area contributed by atoms with Crippen LogP contribution in [-0.4, -0.2) is 31.7 Å². The molecule has 0 atom stereocenters. The lowest BCUT2D eigenvalue weighted by atomic mass is 10.2. The Bertz CT molecular complexity index is 1110. The summed E-state index contributed by atoms with van der Waals surface area (Å²) in [5, 5.41) is 2.72. The molecule has 0 aliphatic heterocycles. The molecule has 3 aromatic rings. The number of para-hydroxylation sites is 1. The molecular formula is C16H17N5O4. The van der Waals surface area contributed by atoms with Gasteiger partial charge >= 0.3 is 5.69 Å². The van der Waals surface area contributed by atoms with E-state index in [0.29, 0.717) is 17.1 Å². The predicted molar refractivity (Wildman–Crippen MR) is 92.4 cm³/mol. The van der Waals surface area contributed by atoms with Crippen LogP contribution in [0, 0.1) is 0 Å². The van der Waals surface area contributed by atoms with E-state index in [2.05, 4.69) is 10.3 Å². The van der Waals surface area contributed by atoms with Crippen LogP contribution in [0.1, 0.15) is 6.92 Å². The van der Waals surface area contributed by atoms with Crippen molar-refractivity contribution in [1.29, 1.82) is 0 Å². The number of aryl methyl sites for hydroxylation is 1. The molecule has 0 spiro atoms. The minimum absolute atomic E-state index is 0.209. The van der Waals surface area contributed by atoms with Crippen LogP contribution in [-0.2, 0) is 18.9 Å². The van der Waals surface area contributed by atoms with Crippen molar-refractivity contribution < 1.29 is 9.53 Å². The summed E-state index contributed by atoms with van der Waals surface area (Å²) in [4.78, 5) is 40.5. The number of rotatable bonds is 3. The Hall–Kier alpha value is -3.36. The number of anilines is 1. The molecule has 25 heavy (non-hydrogen) atoms. The number of methoxy groups -OCH3 is 1. The molecule has 0 aliphatic rings. The number of imidazole rings is 1. The first-order valence-corrected chi connectivity index (χ1v) is 7.44. The first kappa shape index (κ1) is 16.5. The summed E-state index contributed by atoms with van der Waals surface area (Å²) in [6.45, 7) is 1.39. The maximum Gasteiger partial charge on any atom is 0.332 e. The van der Waals surface area contributed by atoms with E-state index >= 15 is 0 Å². The van der Waals surface area contributed by atoms with Gasteiger partial charge in [0, 0.05) is 21.0 Å². The van der Waals surface area contributed by atoms with Crippen LogP contribution in [0.25, 0.3) is 16.9 Å². The highest BCUT2D eigenvalue weighted by Crippen LogP contribution is 2.32. The summed E-state index contributed by atoms with van der Waals surface area (Å²) in [6, 6.07) is 5.12. The smallest absolute Gasteiger partial charge is 0.332 e. The average Bonchev–Trinajstić information content (AvgIpc) is 3.02. The predicted octanol–water partition coefficient (Wildman–Crippen LogP) is 0.390. The first-order valence-electron chi connectivity index (χ1n) is 7.44. The number of amides is 1. The molecule has 1 aromatic carbocycles. The van der Waals surface area contributed by atoms with Gasteiger partial charge in [-0.25, -0.2) is 9.78 Å². The highest BCUT2D eigenvalue weighted by molar-refractivity contribution is 5.92. The van der Waals surface area contributed by atoms with Crippen LogP contribution in [0.4, 0.5) is 5.69 Å². The number of carbonyl (C=O) groups is 1. The van der Waals surface area contributed by atoms with E-state index in [-0.39, 0.29) is 17.1 Å². The molecule has 0 saturated carbocycles. The number of carbonyl (C=O) groups excluding carboxylic acids is 1. The van der Waals surface area contributed by atoms with Crippen molar-refractivity contribution >= 4 is 22.8 Å². The molecule has 1 N–H and O–H groups in total. The summed E-state index contributed by atoms with van der Waals surface area (Å²) in [5.74, 6) is 0.181. The van der Waals surface area contributed by atoms with Crippen molar-refractivity contribution in [3.05, 3.63) is 45.4 Å². The highest BCUT2D eigenvalue weighted by atomic mass is 16.5. The summed E-state index contributed by atoms with van der Waals surface area (Å²) in [7, 11) is 4.43. The second kappa shape index (κ2) is 5.93. The third kappa shape index (κ3) is 2.49. The minimum atomic E-state index is -0.490. The maximum atomic E-state index is 12.7. The molecule has 0 unspecified atom stereocenters. The van der Waals surface area contributed by atoms with E-state index in [1.807, 2.05) is 0 Å². The summed E-state index contributed by atoms with van der Waals surface area (Å²) >= 11 is 0. The molecule has 2 aromatic heterocycles. The van der Waals surface area contributed by atoms with Gasteiger partial charge in [0.2, 0.25) is 5.91 Å². The van der Waals surface area contributed by atoms with Crippen molar-refractivity contribution in [1.82, 2.24) is 18.7 Å². The molecule has 0 aliphatic carbocycles. The van der Waals surface area contributed by atoms with E-state index in [4.69, 9.17) is 4.74 Å². The Labute approximate surface area is 142 Å². The largest absolute Gasteiger partial charge is 0.494 e. The first-order chi connectivity index (χ1) is 11.9. The van der Waals surface area contributed by atoms with Gasteiger partial charge in [0.1, 0.15) is 17.8 Å². The van der Waals surface area contributed by atoms with Gasteiger partial charge in [0.25, 0.3) is 5.56 Å². The van der Waals surface area contributed by atoms with Gasteiger partial charge in [-0.05, 0) is 12.1 Å². The highest BCUT2D eigenvalue weighted by Gasteiger charge is 2.20. The number of nitrogens with one attached hydrogen (secondary N) is 1. The molecule has 0 saturated heterocycles. The normalized spacial score (nSPS) is 10.9. The Morgan fingerprint density at radius 2 is 1.92 bits per heavy atom. The van der Waals surface area contributed by atoms with Crippen LogP contribution in [0.2, 0.25) is 0 Å². The number of fused-ring (bicyclic) bond motifs is 1. The third-order valence-electron chi connectivity index (χ3n) is 3.92. The van der Waals surface area contributed by atoms with E-state index in [9.17, 15) is 14.4 Å². The molecule has 2 heterocycles. The minimum Gasteiger partial charge on any atom is -0.494 e. The maximum absolute atomic E-state index is 12.7. The zero-order valence-corrected chi connectivity index (χ0v) is 14.2. The van der Waals surface area contributed by atoms with E-state index < -0.39 is 11.2 Å². The average molecular weight is 343 g/mol. The van der Waals surface area contributed by atoms with Crippen LogP contribution in [0.15, 0.2) is 34.1 Å². The quantitative estimate of drug-likeness (QED) is 0.741. The molecule has 130 valence electrons. The summed E-state index contributed by atoms with van der Waals surface area (Å²) < 4.78 is 9.20. The van der Waals surface area contributed by atoms with E-state index in [0.717, 1.165) is 4.57 Å². The fourth-order valence-corrected chi connectivity index (χ4v) is 2.74. The molecule has 3 rings (SSSR count). The van der Waals surface area contributed by atoms with Crippen LogP contribution < -0.4 is 21.3 Å². The third-order valence-corrected chi connectivity index (χ3v) is 3.92. The molecule has 0 radical (unpaired) electrons. The summed E-state index contributed by atoms with van der Waals surface area (Å²) in [6.07, 6.45) is 1.43. The van der Waals surface area contributed by atoms with Gasteiger partial charge in [-0.3, -0.25) is 23.3 Å². The zero-order valence-electron chi connectivity index (χ0n) is 14.2. The van der Waals surface area contributed by atoms with Crippen molar-refractivity contribution in [3.8, 4) is 11.4 Å². The van der Waals surface area contributed by atoms with Crippen LogP contribution in [0.5, 0.6) is 5.75 Å². The van der Waals surface area contributed by atoms with Crippen LogP contribution in [0.3, 0.4) is 0 Å². The number of hydrogen-bond donors (Lipinski definition) is 1. The molecule has 1 amide bonds. The lowest BCUT2D eigenvalue weighted by molar-refractivity contribution is -0.114. The van der Waals surface area contributed by atoms with Crippen molar-refractivity contribution in [2.24, 2.45) is 14.1 Å². The Kier molecular flexibility index (Phi) is 3.91. The number of ether oxygens (including phenoxy) is 1.